The molecule has 0 aliphatic carbocycles. The predicted molar refractivity (Wildman–Crippen MR) is 161 cm³/mol. The van der Waals surface area contributed by atoms with Gasteiger partial charge in [0.15, 0.2) is 21.5 Å². The van der Waals surface area contributed by atoms with Crippen molar-refractivity contribution >= 4 is 44.8 Å². The Hall–Kier alpha value is -4.93. The van der Waals surface area contributed by atoms with Crippen molar-refractivity contribution in [3.05, 3.63) is 71.7 Å². The van der Waals surface area contributed by atoms with Crippen molar-refractivity contribution in [1.82, 2.24) is 9.88 Å². The number of carboxylic acids is 1. The lowest BCUT2D eigenvalue weighted by molar-refractivity contribution is -0.192. The summed E-state index contributed by atoms with van der Waals surface area (Å²) in [6, 6.07) is 11.5. The number of amides is 2. The van der Waals surface area contributed by atoms with E-state index in [-0.39, 0.29) is 34.6 Å². The summed E-state index contributed by atoms with van der Waals surface area (Å²) in [6.07, 6.45) is -3.77. The number of aromatic nitrogens is 1. The number of carbonyl (C=O) groups excluding carboxylic acids is 2. The number of rotatable bonds is 11. The number of anilines is 3. The first-order valence-corrected chi connectivity index (χ1v) is 15.1. The molecule has 0 spiro atoms. The van der Waals surface area contributed by atoms with Gasteiger partial charge in [-0.3, -0.25) is 9.59 Å². The van der Waals surface area contributed by atoms with E-state index < -0.39 is 39.7 Å². The second kappa shape index (κ2) is 15.9. The molecule has 3 rings (SSSR count). The van der Waals surface area contributed by atoms with Gasteiger partial charge in [0.05, 0.1) is 22.9 Å². The number of nitrogens with one attached hydrogen (secondary N) is 2. The number of alkyl halides is 3. The van der Waals surface area contributed by atoms with Gasteiger partial charge in [-0.05, 0) is 54.4 Å². The molecule has 5 N–H and O–H groups in total. The lowest BCUT2D eigenvalue weighted by Gasteiger charge is -2.27. The van der Waals surface area contributed by atoms with E-state index in [0.717, 1.165) is 0 Å². The number of carbonyl (C=O) groups is 3. The van der Waals surface area contributed by atoms with Crippen molar-refractivity contribution < 1.29 is 50.2 Å². The van der Waals surface area contributed by atoms with E-state index in [1.54, 1.807) is 24.3 Å². The predicted octanol–water partition coefficient (Wildman–Crippen LogP) is 4.40. The maximum absolute atomic E-state index is 14.8. The topological polar surface area (TPSA) is 181 Å². The van der Waals surface area contributed by atoms with E-state index in [1.807, 2.05) is 6.92 Å². The minimum absolute atomic E-state index is 0.0297. The highest BCUT2D eigenvalue weighted by atomic mass is 32.2. The van der Waals surface area contributed by atoms with Crippen LogP contribution in [0.15, 0.2) is 59.6 Å². The molecule has 12 nitrogen and oxygen atoms in total. The zero-order valence-corrected chi connectivity index (χ0v) is 26.0. The summed E-state index contributed by atoms with van der Waals surface area (Å²) in [7, 11) is -2.13. The smallest absolute Gasteiger partial charge is 0.490 e. The fourth-order valence-electron chi connectivity index (χ4n) is 3.96. The summed E-state index contributed by atoms with van der Waals surface area (Å²) in [5, 5.41) is 12.7. The molecule has 0 saturated heterocycles. The van der Waals surface area contributed by atoms with E-state index >= 15 is 0 Å². The molecule has 1 aromatic heterocycles. The van der Waals surface area contributed by atoms with Crippen LogP contribution in [0.25, 0.3) is 0 Å². The van der Waals surface area contributed by atoms with Crippen molar-refractivity contribution in [2.24, 2.45) is 0 Å². The van der Waals surface area contributed by atoms with Crippen LogP contribution in [0.4, 0.5) is 34.8 Å². The standard InChI is InChI=1S/C27H32FN5O5S.C2HF3O2/c1-5-38-21-9-7-8-18(15-21)25(32-22-12-13-30-26(29)24(22)28)27(35)33(4)16-19-14-20(31-17(3)34)10-11-23(19)39(36,37)6-2;3-2(4,5)1(6)7/h7-15,25H,5-6,16H2,1-4H3,(H,31,34)(H3,29,30,32);(H,6,7). The highest BCUT2D eigenvalue weighted by Crippen LogP contribution is 2.29. The minimum atomic E-state index is -5.08. The molecule has 17 heteroatoms. The number of sulfone groups is 1. The number of halogens is 4. The maximum Gasteiger partial charge on any atom is 0.490 e. The first-order valence-electron chi connectivity index (χ1n) is 13.5. The van der Waals surface area contributed by atoms with Crippen LogP contribution in [0, 0.1) is 5.82 Å². The van der Waals surface area contributed by atoms with Crippen LogP contribution in [-0.4, -0.2) is 66.8 Å². The third-order valence-electron chi connectivity index (χ3n) is 6.09. The quantitative estimate of drug-likeness (QED) is 0.213. The van der Waals surface area contributed by atoms with Crippen molar-refractivity contribution in [3.8, 4) is 5.75 Å². The molecule has 1 heterocycles. The van der Waals surface area contributed by atoms with E-state index in [9.17, 15) is 35.6 Å². The SMILES string of the molecule is CCOc1cccc(C(Nc2ccnc(N)c2F)C(=O)N(C)Cc2cc(NC(C)=O)ccc2S(=O)(=O)CC)c1.O=C(O)C(F)(F)F. The van der Waals surface area contributed by atoms with Gasteiger partial charge in [-0.25, -0.2) is 22.6 Å². The second-order valence-electron chi connectivity index (χ2n) is 9.54. The van der Waals surface area contributed by atoms with Crippen molar-refractivity contribution in [2.75, 3.05) is 35.8 Å². The number of aliphatic carboxylic acids is 1. The molecule has 0 saturated carbocycles. The number of ether oxygens (including phenoxy) is 1. The number of nitrogen functional groups attached to an aromatic ring is 1. The minimum Gasteiger partial charge on any atom is -0.494 e. The average Bonchev–Trinajstić information content (AvgIpc) is 2.97. The van der Waals surface area contributed by atoms with Crippen LogP contribution in [0.5, 0.6) is 5.75 Å². The maximum atomic E-state index is 14.8. The molecule has 250 valence electrons. The fraction of sp³-hybridized carbons (Fsp3) is 0.310. The van der Waals surface area contributed by atoms with E-state index in [4.69, 9.17) is 20.4 Å². The van der Waals surface area contributed by atoms with Gasteiger partial charge in [-0.1, -0.05) is 19.1 Å². The monoisotopic (exact) mass is 671 g/mol. The van der Waals surface area contributed by atoms with Crippen LogP contribution in [0.2, 0.25) is 0 Å². The van der Waals surface area contributed by atoms with Gasteiger partial charge in [0.25, 0.3) is 0 Å². The van der Waals surface area contributed by atoms with Crippen molar-refractivity contribution in [1.29, 1.82) is 0 Å². The zero-order valence-electron chi connectivity index (χ0n) is 25.2. The Balaban J connectivity index is 0.000000942. The normalized spacial score (nSPS) is 11.8. The van der Waals surface area contributed by atoms with Crippen LogP contribution in [0.3, 0.4) is 0 Å². The summed E-state index contributed by atoms with van der Waals surface area (Å²) in [5.41, 5.74) is 6.80. The largest absolute Gasteiger partial charge is 0.494 e. The Bertz CT molecular complexity index is 1670. The van der Waals surface area contributed by atoms with Crippen LogP contribution in [-0.2, 0) is 30.8 Å². The summed E-state index contributed by atoms with van der Waals surface area (Å²) in [6.45, 7) is 4.99. The highest BCUT2D eigenvalue weighted by molar-refractivity contribution is 7.91. The molecule has 2 amide bonds. The molecule has 0 aliphatic heterocycles. The van der Waals surface area contributed by atoms with Gasteiger partial charge in [0.2, 0.25) is 11.8 Å². The molecule has 2 aromatic carbocycles. The summed E-state index contributed by atoms with van der Waals surface area (Å²) < 4.78 is 77.7. The Kier molecular flexibility index (Phi) is 12.9. The van der Waals surface area contributed by atoms with Crippen LogP contribution >= 0.6 is 0 Å². The van der Waals surface area contributed by atoms with E-state index in [0.29, 0.717) is 29.2 Å². The van der Waals surface area contributed by atoms with Crippen LogP contribution < -0.4 is 21.1 Å². The summed E-state index contributed by atoms with van der Waals surface area (Å²) in [4.78, 5) is 39.4. The third kappa shape index (κ3) is 10.3. The molecule has 3 aromatic rings. The van der Waals surface area contributed by atoms with E-state index in [2.05, 4.69) is 15.6 Å². The Morgan fingerprint density at radius 3 is 2.33 bits per heavy atom. The van der Waals surface area contributed by atoms with Gasteiger partial charge in [0, 0.05) is 32.4 Å². The Morgan fingerprint density at radius 1 is 1.11 bits per heavy atom. The molecule has 1 unspecified atom stereocenters. The molecule has 0 fully saturated rings. The third-order valence-corrected chi connectivity index (χ3v) is 7.92. The Morgan fingerprint density at radius 2 is 1.76 bits per heavy atom. The first kappa shape index (κ1) is 37.3. The van der Waals surface area contributed by atoms with Gasteiger partial charge in [0.1, 0.15) is 11.8 Å². The molecule has 0 aliphatic rings. The lowest BCUT2D eigenvalue weighted by Crippen LogP contribution is -2.35. The van der Waals surface area contributed by atoms with Gasteiger partial charge >= 0.3 is 12.1 Å². The number of carboxylic acid groups (broad SMARTS) is 1. The number of likely N-dealkylation sites (N-methyl/N-ethyl adjacent to an activating group) is 1. The fourth-order valence-corrected chi connectivity index (χ4v) is 5.07. The van der Waals surface area contributed by atoms with Crippen molar-refractivity contribution in [2.45, 2.75) is 44.4 Å². The molecule has 1 atom stereocenters. The van der Waals surface area contributed by atoms with Gasteiger partial charge in [-0.15, -0.1) is 0 Å². The van der Waals surface area contributed by atoms with Gasteiger partial charge < -0.3 is 31.1 Å². The molecular weight excluding hydrogens is 638 g/mol. The van der Waals surface area contributed by atoms with Crippen molar-refractivity contribution in [3.63, 3.8) is 0 Å². The number of hydrogen-bond acceptors (Lipinski definition) is 9. The number of nitrogens with two attached hydrogens (primary N) is 1. The highest BCUT2D eigenvalue weighted by Gasteiger charge is 2.38. The van der Waals surface area contributed by atoms with E-state index in [1.165, 1.54) is 56.3 Å². The zero-order chi connectivity index (χ0) is 34.8. The number of pyridine rings is 1. The Labute approximate surface area is 262 Å². The van der Waals surface area contributed by atoms with Crippen LogP contribution in [0.1, 0.15) is 37.9 Å². The second-order valence-corrected chi connectivity index (χ2v) is 11.8. The number of benzene rings is 2. The molecular formula is C29H33F4N5O7S. The number of hydrogen-bond donors (Lipinski definition) is 4. The number of nitrogens with zero attached hydrogens (tertiary/aromatic N) is 2. The average molecular weight is 672 g/mol. The summed E-state index contributed by atoms with van der Waals surface area (Å²) in [5.74, 6) is -4.32. The summed E-state index contributed by atoms with van der Waals surface area (Å²) >= 11 is 0. The molecule has 0 radical (unpaired) electrons. The lowest BCUT2D eigenvalue weighted by atomic mass is 10.0. The molecule has 0 bridgehead atoms. The van der Waals surface area contributed by atoms with Gasteiger partial charge in [-0.2, -0.15) is 13.2 Å². The first-order chi connectivity index (χ1) is 21.4. The molecule has 46 heavy (non-hydrogen) atoms.